The summed E-state index contributed by atoms with van der Waals surface area (Å²) in [7, 11) is 0. The number of nitrogens with zero attached hydrogens (tertiary/aromatic N) is 5. The van der Waals surface area contributed by atoms with E-state index in [0.29, 0.717) is 17.0 Å². The Hall–Kier alpha value is -3.23. The standard InChI is InChI=1S/C26H30ClN7S/c1-17-12-18(2)14-22(13-17)30-26(35)32-25(31-24-28-19(3)15-20(4)29-24)34-10-8-33(9-11-34)23-7-5-6-21(27)16-23/h5-7,12-16H,8-11H2,1-4H3,(H2,28,29,30,31,32,35). The first-order valence-corrected chi connectivity index (χ1v) is 12.4. The molecule has 1 saturated heterocycles. The maximum atomic E-state index is 6.20. The third-order valence-electron chi connectivity index (χ3n) is 5.64. The van der Waals surface area contributed by atoms with Crippen LogP contribution < -0.4 is 15.5 Å². The van der Waals surface area contributed by atoms with Crippen molar-refractivity contribution in [1.29, 1.82) is 0 Å². The molecule has 2 heterocycles. The Balaban J connectivity index is 1.54. The van der Waals surface area contributed by atoms with Crippen LogP contribution in [0.1, 0.15) is 22.5 Å². The summed E-state index contributed by atoms with van der Waals surface area (Å²) in [6.45, 7) is 11.2. The van der Waals surface area contributed by atoms with Crippen molar-refractivity contribution in [2.75, 3.05) is 41.7 Å². The van der Waals surface area contributed by atoms with Gasteiger partial charge in [-0.2, -0.15) is 4.99 Å². The van der Waals surface area contributed by atoms with Crippen molar-refractivity contribution in [2.45, 2.75) is 27.7 Å². The zero-order valence-electron chi connectivity index (χ0n) is 20.5. The molecule has 3 aromatic rings. The number of aryl methyl sites for hydroxylation is 4. The third-order valence-corrected chi connectivity index (χ3v) is 6.07. The quantitative estimate of drug-likeness (QED) is 0.281. The van der Waals surface area contributed by atoms with Gasteiger partial charge in [0.05, 0.1) is 0 Å². The number of hydrogen-bond donors (Lipinski definition) is 2. The highest BCUT2D eigenvalue weighted by Gasteiger charge is 2.22. The zero-order chi connectivity index (χ0) is 24.9. The Morgan fingerprint density at radius 3 is 2.17 bits per heavy atom. The normalized spacial score (nSPS) is 14.1. The maximum Gasteiger partial charge on any atom is 0.229 e. The Morgan fingerprint density at radius 2 is 1.54 bits per heavy atom. The summed E-state index contributed by atoms with van der Waals surface area (Å²) in [5.74, 6) is 1.13. The van der Waals surface area contributed by atoms with Gasteiger partial charge in [-0.3, -0.25) is 5.32 Å². The van der Waals surface area contributed by atoms with Gasteiger partial charge in [0.15, 0.2) is 0 Å². The molecule has 7 nitrogen and oxygen atoms in total. The monoisotopic (exact) mass is 507 g/mol. The third kappa shape index (κ3) is 6.90. The second kappa shape index (κ2) is 11.0. The van der Waals surface area contributed by atoms with Crippen LogP contribution in [0.15, 0.2) is 53.5 Å². The largest absolute Gasteiger partial charge is 0.368 e. The van der Waals surface area contributed by atoms with E-state index in [9.17, 15) is 0 Å². The smallest absolute Gasteiger partial charge is 0.229 e. The maximum absolute atomic E-state index is 6.20. The van der Waals surface area contributed by atoms with Crippen molar-refractivity contribution in [3.05, 3.63) is 76.1 Å². The number of guanidine groups is 1. The Kier molecular flexibility index (Phi) is 7.83. The van der Waals surface area contributed by atoms with E-state index in [-0.39, 0.29) is 0 Å². The van der Waals surface area contributed by atoms with Gasteiger partial charge in [0.25, 0.3) is 0 Å². The number of halogens is 1. The van der Waals surface area contributed by atoms with Gasteiger partial charge in [-0.15, -0.1) is 0 Å². The lowest BCUT2D eigenvalue weighted by molar-refractivity contribution is 0.385. The zero-order valence-corrected chi connectivity index (χ0v) is 22.0. The van der Waals surface area contributed by atoms with Crippen LogP contribution in [0.3, 0.4) is 0 Å². The number of aromatic nitrogens is 2. The highest BCUT2D eigenvalue weighted by molar-refractivity contribution is 7.80. The van der Waals surface area contributed by atoms with Gasteiger partial charge >= 0.3 is 0 Å². The van der Waals surface area contributed by atoms with E-state index in [2.05, 4.69) is 68.5 Å². The molecule has 0 radical (unpaired) electrons. The molecule has 0 saturated carbocycles. The van der Waals surface area contributed by atoms with Crippen LogP contribution in [-0.2, 0) is 0 Å². The molecule has 0 atom stereocenters. The number of piperazine rings is 1. The number of benzene rings is 2. The van der Waals surface area contributed by atoms with Crippen LogP contribution in [0.4, 0.5) is 17.3 Å². The van der Waals surface area contributed by atoms with E-state index < -0.39 is 0 Å². The van der Waals surface area contributed by atoms with Crippen LogP contribution in [-0.4, -0.2) is 52.1 Å². The fourth-order valence-electron chi connectivity index (χ4n) is 4.20. The first-order chi connectivity index (χ1) is 16.7. The molecule has 1 aliphatic heterocycles. The first-order valence-electron chi connectivity index (χ1n) is 11.6. The van der Waals surface area contributed by atoms with Gasteiger partial charge < -0.3 is 15.1 Å². The molecule has 182 valence electrons. The van der Waals surface area contributed by atoms with E-state index in [4.69, 9.17) is 28.8 Å². The second-order valence-corrected chi connectivity index (χ2v) is 9.62. The molecule has 2 aromatic carbocycles. The molecule has 1 aliphatic rings. The molecular formula is C26H30ClN7S. The molecule has 0 amide bonds. The molecule has 1 aromatic heterocycles. The average Bonchev–Trinajstić information content (AvgIpc) is 2.77. The van der Waals surface area contributed by atoms with Gasteiger partial charge in [0.1, 0.15) is 0 Å². The minimum Gasteiger partial charge on any atom is -0.368 e. The number of rotatable bonds is 3. The highest BCUT2D eigenvalue weighted by atomic mass is 35.5. The topological polar surface area (TPSA) is 68.7 Å². The van der Waals surface area contributed by atoms with Gasteiger partial charge in [-0.1, -0.05) is 23.7 Å². The lowest BCUT2D eigenvalue weighted by atomic mass is 10.1. The van der Waals surface area contributed by atoms with Crippen molar-refractivity contribution < 1.29 is 0 Å². The lowest BCUT2D eigenvalue weighted by Gasteiger charge is -2.37. The molecular weight excluding hydrogens is 478 g/mol. The second-order valence-electron chi connectivity index (χ2n) is 8.80. The van der Waals surface area contributed by atoms with E-state index in [1.807, 2.05) is 38.1 Å². The van der Waals surface area contributed by atoms with E-state index >= 15 is 0 Å². The summed E-state index contributed by atoms with van der Waals surface area (Å²) < 4.78 is 0. The van der Waals surface area contributed by atoms with Crippen LogP contribution in [0.25, 0.3) is 0 Å². The van der Waals surface area contributed by atoms with Crippen molar-refractivity contribution >= 4 is 52.2 Å². The first kappa shape index (κ1) is 24.9. The molecule has 0 unspecified atom stereocenters. The Morgan fingerprint density at radius 1 is 0.886 bits per heavy atom. The predicted molar refractivity (Wildman–Crippen MR) is 150 cm³/mol. The Bertz CT molecular complexity index is 1210. The van der Waals surface area contributed by atoms with Gasteiger partial charge in [-0.25, -0.2) is 9.97 Å². The van der Waals surface area contributed by atoms with Crippen LogP contribution in [0, 0.1) is 27.7 Å². The fraction of sp³-hybridized carbons (Fsp3) is 0.308. The van der Waals surface area contributed by atoms with Crippen molar-refractivity contribution in [3.63, 3.8) is 0 Å². The molecule has 0 bridgehead atoms. The highest BCUT2D eigenvalue weighted by Crippen LogP contribution is 2.21. The number of aliphatic imine (C=N–C) groups is 1. The number of thiocarbonyl (C=S) groups is 1. The lowest BCUT2D eigenvalue weighted by Crippen LogP contribution is -2.51. The molecule has 2 N–H and O–H groups in total. The minimum absolute atomic E-state index is 0.374. The van der Waals surface area contributed by atoms with E-state index in [0.717, 1.165) is 54.0 Å². The minimum atomic E-state index is 0.374. The van der Waals surface area contributed by atoms with Gasteiger partial charge in [-0.05, 0) is 87.4 Å². The van der Waals surface area contributed by atoms with Crippen molar-refractivity contribution in [2.24, 2.45) is 4.99 Å². The molecule has 0 spiro atoms. The molecule has 4 rings (SSSR count). The van der Waals surface area contributed by atoms with Crippen LogP contribution in [0.5, 0.6) is 0 Å². The van der Waals surface area contributed by atoms with Crippen LogP contribution >= 0.6 is 23.8 Å². The van der Waals surface area contributed by atoms with E-state index in [1.54, 1.807) is 0 Å². The van der Waals surface area contributed by atoms with Crippen molar-refractivity contribution in [1.82, 2.24) is 14.9 Å². The van der Waals surface area contributed by atoms with Crippen LogP contribution in [0.2, 0.25) is 5.02 Å². The van der Waals surface area contributed by atoms with Gasteiger partial charge in [0, 0.05) is 54.0 Å². The number of hydrogen-bond acceptors (Lipinski definition) is 4. The van der Waals surface area contributed by atoms with Crippen molar-refractivity contribution in [3.8, 4) is 0 Å². The molecule has 9 heteroatoms. The predicted octanol–water partition coefficient (Wildman–Crippen LogP) is 5.35. The van der Waals surface area contributed by atoms with E-state index in [1.165, 1.54) is 11.1 Å². The molecule has 0 aliphatic carbocycles. The SMILES string of the molecule is Cc1cc(C)cc(NC(=S)/N=C(/Nc2nc(C)cc(C)n2)N2CCN(c3cccc(Cl)c3)CC2)c1. The van der Waals surface area contributed by atoms with Gasteiger partial charge in [0.2, 0.25) is 17.0 Å². The summed E-state index contributed by atoms with van der Waals surface area (Å²) in [6.07, 6.45) is 0. The summed E-state index contributed by atoms with van der Waals surface area (Å²) in [6, 6.07) is 16.1. The molecule has 1 fully saturated rings. The average molecular weight is 508 g/mol. The summed E-state index contributed by atoms with van der Waals surface area (Å²) in [5.41, 5.74) is 6.15. The summed E-state index contributed by atoms with van der Waals surface area (Å²) in [5, 5.41) is 7.69. The number of nitrogens with one attached hydrogen (secondary N) is 2. The molecule has 35 heavy (non-hydrogen) atoms. The summed E-state index contributed by atoms with van der Waals surface area (Å²) in [4.78, 5) is 18.3. The number of anilines is 3. The Labute approximate surface area is 217 Å². The fourth-order valence-corrected chi connectivity index (χ4v) is 4.59. The summed E-state index contributed by atoms with van der Waals surface area (Å²) >= 11 is 11.8.